The molecule has 0 aliphatic carbocycles. The Hall–Kier alpha value is -0.870. The Morgan fingerprint density at radius 2 is 2.31 bits per heavy atom. The van der Waals surface area contributed by atoms with E-state index in [1.165, 1.54) is 0 Å². The van der Waals surface area contributed by atoms with Crippen molar-refractivity contribution in [1.82, 2.24) is 10.2 Å². The molecular weight excluding hydrogens is 255 g/mol. The number of fused-ring (bicyclic) bond motifs is 1. The van der Waals surface area contributed by atoms with Crippen LogP contribution in [0.5, 0.6) is 0 Å². The second-order valence-electron chi connectivity index (χ2n) is 2.54. The number of aldehydes is 1. The Kier molecular flexibility index (Phi) is 2.09. The predicted octanol–water partition coefficient (Wildman–Crippen LogP) is 2.79. The summed E-state index contributed by atoms with van der Waals surface area (Å²) < 4.78 is 0.769. The molecule has 1 N–H and O–H groups in total. The van der Waals surface area contributed by atoms with Crippen molar-refractivity contribution in [3.8, 4) is 0 Å². The first-order valence-electron chi connectivity index (χ1n) is 3.50. The molecule has 13 heavy (non-hydrogen) atoms. The maximum Gasteiger partial charge on any atom is 0.168 e. The highest BCUT2D eigenvalue weighted by atomic mass is 79.9. The molecule has 0 aliphatic heterocycles. The molecule has 0 radical (unpaired) electrons. The maximum atomic E-state index is 10.6. The van der Waals surface area contributed by atoms with Gasteiger partial charge in [-0.2, -0.15) is 5.10 Å². The van der Waals surface area contributed by atoms with Crippen LogP contribution in [0.2, 0.25) is 5.02 Å². The number of nitrogens with zero attached hydrogens (tertiary/aromatic N) is 1. The summed E-state index contributed by atoms with van der Waals surface area (Å²) in [7, 11) is 0. The number of H-pyrrole nitrogens is 1. The summed E-state index contributed by atoms with van der Waals surface area (Å²) in [5, 5.41) is 7.87. The minimum absolute atomic E-state index is 0.449. The summed E-state index contributed by atoms with van der Waals surface area (Å²) in [5.41, 5.74) is 1.17. The monoisotopic (exact) mass is 258 g/mol. The molecule has 1 aromatic carbocycles. The van der Waals surface area contributed by atoms with Crippen LogP contribution < -0.4 is 0 Å². The van der Waals surface area contributed by atoms with Crippen molar-refractivity contribution in [2.75, 3.05) is 0 Å². The first-order valence-corrected chi connectivity index (χ1v) is 4.68. The molecule has 0 fully saturated rings. The Morgan fingerprint density at radius 1 is 1.54 bits per heavy atom. The molecule has 5 heteroatoms. The second kappa shape index (κ2) is 3.12. The lowest BCUT2D eigenvalue weighted by Gasteiger charge is -1.94. The van der Waals surface area contributed by atoms with E-state index in [2.05, 4.69) is 26.1 Å². The zero-order valence-corrected chi connectivity index (χ0v) is 8.69. The quantitative estimate of drug-likeness (QED) is 0.801. The molecule has 2 aromatic rings. The van der Waals surface area contributed by atoms with E-state index in [4.69, 9.17) is 11.6 Å². The average molecular weight is 259 g/mol. The molecule has 0 atom stereocenters. The van der Waals surface area contributed by atoms with Gasteiger partial charge in [0.15, 0.2) is 6.29 Å². The van der Waals surface area contributed by atoms with Gasteiger partial charge in [-0.25, -0.2) is 0 Å². The van der Waals surface area contributed by atoms with Crippen LogP contribution in [0, 0.1) is 0 Å². The summed E-state index contributed by atoms with van der Waals surface area (Å²) in [6.45, 7) is 0. The number of nitrogens with one attached hydrogen (secondary N) is 1. The van der Waals surface area contributed by atoms with E-state index in [-0.39, 0.29) is 0 Å². The number of rotatable bonds is 1. The van der Waals surface area contributed by atoms with Gasteiger partial charge in [0.25, 0.3) is 0 Å². The Labute approximate surface area is 87.2 Å². The minimum atomic E-state index is 0.449. The largest absolute Gasteiger partial charge is 0.296 e. The Bertz CT molecular complexity index is 480. The zero-order valence-electron chi connectivity index (χ0n) is 6.34. The SMILES string of the molecule is O=Cc1[nH]nc2cc(Br)c(Cl)cc12. The summed E-state index contributed by atoms with van der Waals surface area (Å²) in [6, 6.07) is 3.47. The molecule has 0 unspecified atom stereocenters. The molecule has 66 valence electrons. The van der Waals surface area contributed by atoms with Crippen molar-refractivity contribution in [2.45, 2.75) is 0 Å². The number of aromatic nitrogens is 2. The number of hydrogen-bond acceptors (Lipinski definition) is 2. The molecule has 0 aliphatic rings. The number of benzene rings is 1. The first kappa shape index (κ1) is 8.72. The van der Waals surface area contributed by atoms with Crippen LogP contribution in [0.15, 0.2) is 16.6 Å². The Balaban J connectivity index is 2.84. The van der Waals surface area contributed by atoms with E-state index in [1.54, 1.807) is 12.1 Å². The van der Waals surface area contributed by atoms with Crippen molar-refractivity contribution in [3.05, 3.63) is 27.3 Å². The van der Waals surface area contributed by atoms with Gasteiger partial charge in [-0.15, -0.1) is 0 Å². The van der Waals surface area contributed by atoms with Gasteiger partial charge in [0.05, 0.1) is 10.5 Å². The van der Waals surface area contributed by atoms with Gasteiger partial charge in [-0.05, 0) is 28.1 Å². The lowest BCUT2D eigenvalue weighted by Crippen LogP contribution is -1.78. The highest BCUT2D eigenvalue weighted by Gasteiger charge is 2.07. The van der Waals surface area contributed by atoms with E-state index in [1.807, 2.05) is 0 Å². The topological polar surface area (TPSA) is 45.8 Å². The number of hydrogen-bond donors (Lipinski definition) is 1. The third kappa shape index (κ3) is 1.36. The van der Waals surface area contributed by atoms with E-state index < -0.39 is 0 Å². The molecule has 1 heterocycles. The van der Waals surface area contributed by atoms with Crippen LogP contribution in [-0.2, 0) is 0 Å². The number of aromatic amines is 1. The summed E-state index contributed by atoms with van der Waals surface area (Å²) >= 11 is 9.14. The Morgan fingerprint density at radius 3 is 3.00 bits per heavy atom. The fraction of sp³-hybridized carbons (Fsp3) is 0. The molecule has 0 bridgehead atoms. The molecule has 1 aromatic heterocycles. The highest BCUT2D eigenvalue weighted by Crippen LogP contribution is 2.28. The molecule has 0 saturated heterocycles. The lowest BCUT2D eigenvalue weighted by molar-refractivity contribution is 0.112. The van der Waals surface area contributed by atoms with Crippen LogP contribution >= 0.6 is 27.5 Å². The fourth-order valence-electron chi connectivity index (χ4n) is 1.12. The normalized spacial score (nSPS) is 10.6. The molecule has 0 saturated carbocycles. The molecule has 0 spiro atoms. The van der Waals surface area contributed by atoms with Crippen LogP contribution in [0.4, 0.5) is 0 Å². The van der Waals surface area contributed by atoms with Gasteiger partial charge in [0.1, 0.15) is 5.69 Å². The number of halogens is 2. The maximum absolute atomic E-state index is 10.6. The summed E-state index contributed by atoms with van der Waals surface area (Å²) in [6.07, 6.45) is 0.722. The van der Waals surface area contributed by atoms with Crippen LogP contribution in [-0.4, -0.2) is 16.5 Å². The lowest BCUT2D eigenvalue weighted by atomic mass is 10.2. The first-order chi connectivity index (χ1) is 6.22. The summed E-state index contributed by atoms with van der Waals surface area (Å²) in [5.74, 6) is 0. The summed E-state index contributed by atoms with van der Waals surface area (Å²) in [4.78, 5) is 10.6. The van der Waals surface area contributed by atoms with Crippen LogP contribution in [0.3, 0.4) is 0 Å². The number of carbonyl (C=O) groups excluding carboxylic acids is 1. The molecule has 2 rings (SSSR count). The van der Waals surface area contributed by atoms with Crippen molar-refractivity contribution in [1.29, 1.82) is 0 Å². The van der Waals surface area contributed by atoms with Gasteiger partial charge < -0.3 is 0 Å². The van der Waals surface area contributed by atoms with E-state index in [0.717, 1.165) is 21.7 Å². The molecule has 0 amide bonds. The predicted molar refractivity (Wildman–Crippen MR) is 54.2 cm³/mol. The van der Waals surface area contributed by atoms with Gasteiger partial charge in [-0.3, -0.25) is 9.89 Å². The van der Waals surface area contributed by atoms with E-state index in [0.29, 0.717) is 10.7 Å². The van der Waals surface area contributed by atoms with Crippen LogP contribution in [0.1, 0.15) is 10.5 Å². The third-order valence-corrected chi connectivity index (χ3v) is 2.94. The van der Waals surface area contributed by atoms with Gasteiger partial charge >= 0.3 is 0 Å². The molecular formula is C8H4BrClN2O. The smallest absolute Gasteiger partial charge is 0.168 e. The van der Waals surface area contributed by atoms with E-state index in [9.17, 15) is 4.79 Å². The zero-order chi connectivity index (χ0) is 9.42. The fourth-order valence-corrected chi connectivity index (χ4v) is 1.61. The minimum Gasteiger partial charge on any atom is -0.296 e. The third-order valence-electron chi connectivity index (χ3n) is 1.74. The molecule has 3 nitrogen and oxygen atoms in total. The van der Waals surface area contributed by atoms with Crippen molar-refractivity contribution in [2.24, 2.45) is 0 Å². The van der Waals surface area contributed by atoms with Crippen molar-refractivity contribution in [3.63, 3.8) is 0 Å². The highest BCUT2D eigenvalue weighted by molar-refractivity contribution is 9.10. The number of carbonyl (C=O) groups is 1. The standard InChI is InChI=1S/C8H4BrClN2O/c9-5-2-7-4(1-6(5)10)8(3-13)12-11-7/h1-3H,(H,11,12). The van der Waals surface area contributed by atoms with Crippen molar-refractivity contribution < 1.29 is 4.79 Å². The van der Waals surface area contributed by atoms with Gasteiger partial charge in [-0.1, -0.05) is 11.6 Å². The van der Waals surface area contributed by atoms with Crippen LogP contribution in [0.25, 0.3) is 10.9 Å². The van der Waals surface area contributed by atoms with E-state index >= 15 is 0 Å². The average Bonchev–Trinajstić information content (AvgIpc) is 2.48. The van der Waals surface area contributed by atoms with Gasteiger partial charge in [0, 0.05) is 9.86 Å². The second-order valence-corrected chi connectivity index (χ2v) is 3.80. The van der Waals surface area contributed by atoms with Crippen molar-refractivity contribution >= 4 is 44.7 Å². The van der Waals surface area contributed by atoms with Gasteiger partial charge in [0.2, 0.25) is 0 Å².